The molecule has 6 heteroatoms. The average Bonchev–Trinajstić information content (AvgIpc) is 2.36. The van der Waals surface area contributed by atoms with Gasteiger partial charge < -0.3 is 15.3 Å². The molecule has 2 N–H and O–H groups in total. The number of hydrogen-bond acceptors (Lipinski definition) is 2. The lowest BCUT2D eigenvalue weighted by atomic mass is 9.91. The number of halogens is 1. The predicted molar refractivity (Wildman–Crippen MR) is 76.7 cm³/mol. The summed E-state index contributed by atoms with van der Waals surface area (Å²) in [5, 5.41) is 11.9. The first kappa shape index (κ1) is 15.3. The molecular weight excluding hydrogens is 275 g/mol. The van der Waals surface area contributed by atoms with E-state index in [0.29, 0.717) is 17.8 Å². The van der Waals surface area contributed by atoms with Crippen LogP contribution in [-0.4, -0.2) is 34.6 Å². The third kappa shape index (κ3) is 3.51. The highest BCUT2D eigenvalue weighted by molar-refractivity contribution is 5.92. The molecule has 1 aromatic carbocycles. The normalized spacial score (nSPS) is 22.0. The maximum atomic E-state index is 13.3. The minimum atomic E-state index is -1.01. The van der Waals surface area contributed by atoms with E-state index < -0.39 is 23.9 Å². The number of amides is 2. The minimum Gasteiger partial charge on any atom is -0.480 e. The Labute approximate surface area is 122 Å². The number of rotatable bonds is 2. The van der Waals surface area contributed by atoms with E-state index in [-0.39, 0.29) is 5.92 Å². The van der Waals surface area contributed by atoms with E-state index in [1.165, 1.54) is 17.0 Å². The molecule has 1 aliphatic heterocycles. The van der Waals surface area contributed by atoms with Crippen LogP contribution in [0.1, 0.15) is 25.3 Å². The molecule has 1 aliphatic rings. The Morgan fingerprint density at radius 2 is 2.10 bits per heavy atom. The molecule has 0 bridgehead atoms. The maximum Gasteiger partial charge on any atom is 0.326 e. The summed E-state index contributed by atoms with van der Waals surface area (Å²) in [6.07, 6.45) is 1.54. The van der Waals surface area contributed by atoms with Crippen molar-refractivity contribution >= 4 is 17.7 Å². The van der Waals surface area contributed by atoms with E-state index in [2.05, 4.69) is 5.32 Å². The van der Waals surface area contributed by atoms with Gasteiger partial charge in [0, 0.05) is 12.2 Å². The van der Waals surface area contributed by atoms with E-state index in [4.69, 9.17) is 0 Å². The SMILES string of the molecule is Cc1cc(F)cc(NC(=O)N2CCCC(C)C2C(=O)O)c1. The van der Waals surface area contributed by atoms with Crippen molar-refractivity contribution < 1.29 is 19.1 Å². The quantitative estimate of drug-likeness (QED) is 0.881. The van der Waals surface area contributed by atoms with Crippen LogP contribution in [0.2, 0.25) is 0 Å². The summed E-state index contributed by atoms with van der Waals surface area (Å²) in [6, 6.07) is 2.88. The Morgan fingerprint density at radius 1 is 1.38 bits per heavy atom. The van der Waals surface area contributed by atoms with E-state index in [0.717, 1.165) is 12.8 Å². The molecule has 0 saturated carbocycles. The lowest BCUT2D eigenvalue weighted by Crippen LogP contribution is -2.53. The van der Waals surface area contributed by atoms with Crippen LogP contribution in [0, 0.1) is 18.7 Å². The molecule has 1 fully saturated rings. The fraction of sp³-hybridized carbons (Fsp3) is 0.467. The third-order valence-corrected chi connectivity index (χ3v) is 3.74. The zero-order valence-electron chi connectivity index (χ0n) is 12.1. The van der Waals surface area contributed by atoms with Gasteiger partial charge in [0.2, 0.25) is 0 Å². The minimum absolute atomic E-state index is 0.101. The van der Waals surface area contributed by atoms with Gasteiger partial charge in [0.05, 0.1) is 0 Å². The van der Waals surface area contributed by atoms with Crippen LogP contribution < -0.4 is 5.32 Å². The number of anilines is 1. The van der Waals surface area contributed by atoms with E-state index in [1.54, 1.807) is 13.0 Å². The number of aryl methyl sites for hydroxylation is 1. The second-order valence-corrected chi connectivity index (χ2v) is 5.54. The topological polar surface area (TPSA) is 69.6 Å². The molecule has 2 atom stereocenters. The van der Waals surface area contributed by atoms with Crippen LogP contribution in [0.3, 0.4) is 0 Å². The van der Waals surface area contributed by atoms with Crippen LogP contribution in [0.25, 0.3) is 0 Å². The number of likely N-dealkylation sites (tertiary alicyclic amines) is 1. The molecular formula is C15H19FN2O3. The summed E-state index contributed by atoms with van der Waals surface area (Å²) in [5.41, 5.74) is 1.02. The molecule has 1 saturated heterocycles. The van der Waals surface area contributed by atoms with Crippen molar-refractivity contribution in [3.63, 3.8) is 0 Å². The third-order valence-electron chi connectivity index (χ3n) is 3.74. The largest absolute Gasteiger partial charge is 0.480 e. The van der Waals surface area contributed by atoms with Crippen LogP contribution in [0.15, 0.2) is 18.2 Å². The van der Waals surface area contributed by atoms with E-state index >= 15 is 0 Å². The molecule has 0 aliphatic carbocycles. The molecule has 2 unspecified atom stereocenters. The lowest BCUT2D eigenvalue weighted by Gasteiger charge is -2.37. The summed E-state index contributed by atoms with van der Waals surface area (Å²) in [7, 11) is 0. The van der Waals surface area contributed by atoms with Crippen LogP contribution in [0.4, 0.5) is 14.9 Å². The maximum absolute atomic E-state index is 13.3. The predicted octanol–water partition coefficient (Wildman–Crippen LogP) is 2.85. The molecule has 1 heterocycles. The first-order valence-corrected chi connectivity index (χ1v) is 6.96. The summed E-state index contributed by atoms with van der Waals surface area (Å²) < 4.78 is 13.3. The van der Waals surface area contributed by atoms with Crippen LogP contribution in [-0.2, 0) is 4.79 Å². The number of carbonyl (C=O) groups is 2. The molecule has 5 nitrogen and oxygen atoms in total. The van der Waals surface area contributed by atoms with Gasteiger partial charge in [-0.2, -0.15) is 0 Å². The van der Waals surface area contributed by atoms with Gasteiger partial charge in [0.25, 0.3) is 0 Å². The first-order valence-electron chi connectivity index (χ1n) is 6.96. The highest BCUT2D eigenvalue weighted by atomic mass is 19.1. The number of benzene rings is 1. The Bertz CT molecular complexity index is 542. The molecule has 2 amide bonds. The Kier molecular flexibility index (Phi) is 4.45. The number of hydrogen-bond donors (Lipinski definition) is 2. The molecule has 21 heavy (non-hydrogen) atoms. The summed E-state index contributed by atoms with van der Waals surface area (Å²) in [6.45, 7) is 3.94. The molecule has 0 aromatic heterocycles. The number of aliphatic carboxylic acids is 1. The second kappa shape index (κ2) is 6.11. The monoisotopic (exact) mass is 294 g/mol. The fourth-order valence-corrected chi connectivity index (χ4v) is 2.80. The number of carbonyl (C=O) groups excluding carboxylic acids is 1. The zero-order valence-corrected chi connectivity index (χ0v) is 12.1. The van der Waals surface area contributed by atoms with Crippen molar-refractivity contribution in [1.29, 1.82) is 0 Å². The van der Waals surface area contributed by atoms with Crippen molar-refractivity contribution in [3.05, 3.63) is 29.6 Å². The number of urea groups is 1. The Balaban J connectivity index is 2.16. The Morgan fingerprint density at radius 3 is 2.71 bits per heavy atom. The average molecular weight is 294 g/mol. The fourth-order valence-electron chi connectivity index (χ4n) is 2.80. The van der Waals surface area contributed by atoms with Gasteiger partial charge in [-0.3, -0.25) is 0 Å². The number of nitrogens with zero attached hydrogens (tertiary/aromatic N) is 1. The van der Waals surface area contributed by atoms with Gasteiger partial charge in [-0.05, 0) is 49.4 Å². The van der Waals surface area contributed by atoms with Crippen molar-refractivity contribution in [2.24, 2.45) is 5.92 Å². The van der Waals surface area contributed by atoms with Crippen molar-refractivity contribution in [1.82, 2.24) is 4.90 Å². The first-order chi connectivity index (χ1) is 9.88. The second-order valence-electron chi connectivity index (χ2n) is 5.54. The zero-order chi connectivity index (χ0) is 15.6. The van der Waals surface area contributed by atoms with Gasteiger partial charge in [-0.1, -0.05) is 6.92 Å². The molecule has 2 rings (SSSR count). The van der Waals surface area contributed by atoms with Crippen molar-refractivity contribution in [2.75, 3.05) is 11.9 Å². The molecule has 0 spiro atoms. The van der Waals surface area contributed by atoms with Gasteiger partial charge in [0.1, 0.15) is 11.9 Å². The van der Waals surface area contributed by atoms with Crippen molar-refractivity contribution in [3.8, 4) is 0 Å². The molecule has 114 valence electrons. The summed E-state index contributed by atoms with van der Waals surface area (Å²) >= 11 is 0. The summed E-state index contributed by atoms with van der Waals surface area (Å²) in [5.74, 6) is -1.55. The molecule has 1 aromatic rings. The number of carboxylic acid groups (broad SMARTS) is 1. The van der Waals surface area contributed by atoms with E-state index in [1.807, 2.05) is 6.92 Å². The number of carboxylic acids is 1. The number of piperidine rings is 1. The van der Waals surface area contributed by atoms with Gasteiger partial charge in [-0.15, -0.1) is 0 Å². The van der Waals surface area contributed by atoms with Crippen LogP contribution in [0.5, 0.6) is 0 Å². The van der Waals surface area contributed by atoms with Gasteiger partial charge in [-0.25, -0.2) is 14.0 Å². The number of nitrogens with one attached hydrogen (secondary N) is 1. The van der Waals surface area contributed by atoms with E-state index in [9.17, 15) is 19.1 Å². The highest BCUT2D eigenvalue weighted by Gasteiger charge is 2.37. The molecule has 0 radical (unpaired) electrons. The smallest absolute Gasteiger partial charge is 0.326 e. The van der Waals surface area contributed by atoms with Crippen LogP contribution >= 0.6 is 0 Å². The lowest BCUT2D eigenvalue weighted by molar-refractivity contribution is -0.145. The van der Waals surface area contributed by atoms with Crippen molar-refractivity contribution in [2.45, 2.75) is 32.7 Å². The standard InChI is InChI=1S/C15H19FN2O3/c1-9-6-11(16)8-12(7-9)17-15(21)18-5-3-4-10(2)13(18)14(19)20/h6-8,10,13H,3-5H2,1-2H3,(H,17,21)(H,19,20). The highest BCUT2D eigenvalue weighted by Crippen LogP contribution is 2.24. The summed E-state index contributed by atoms with van der Waals surface area (Å²) in [4.78, 5) is 25.0. The van der Waals surface area contributed by atoms with Gasteiger partial charge >= 0.3 is 12.0 Å². The Hall–Kier alpha value is -2.11. The van der Waals surface area contributed by atoms with Gasteiger partial charge in [0.15, 0.2) is 0 Å².